The van der Waals surface area contributed by atoms with Crippen LogP contribution in [0, 0.1) is 0 Å². The van der Waals surface area contributed by atoms with Crippen LogP contribution < -0.4 is 10.2 Å². The van der Waals surface area contributed by atoms with Gasteiger partial charge in [0.1, 0.15) is 0 Å². The molecule has 112 valence electrons. The zero-order chi connectivity index (χ0) is 14.7. The lowest BCUT2D eigenvalue weighted by Crippen LogP contribution is -2.34. The van der Waals surface area contributed by atoms with Crippen LogP contribution >= 0.6 is 11.6 Å². The Morgan fingerprint density at radius 3 is 2.70 bits per heavy atom. The summed E-state index contributed by atoms with van der Waals surface area (Å²) in [5, 5.41) is 4.32. The molecule has 0 spiro atoms. The second-order valence-electron chi connectivity index (χ2n) is 6.22. The first-order chi connectivity index (χ1) is 9.52. The van der Waals surface area contributed by atoms with E-state index in [1.54, 1.807) is 0 Å². The summed E-state index contributed by atoms with van der Waals surface area (Å²) in [6.45, 7) is 9.77. The van der Waals surface area contributed by atoms with Crippen molar-refractivity contribution in [3.8, 4) is 0 Å². The molecular formula is C17H27ClN2. The Hall–Kier alpha value is -0.730. The van der Waals surface area contributed by atoms with Crippen molar-refractivity contribution < 1.29 is 0 Å². The zero-order valence-corrected chi connectivity index (χ0v) is 13.9. The molecule has 0 aliphatic carbocycles. The third-order valence-corrected chi connectivity index (χ3v) is 4.56. The Kier molecular flexibility index (Phi) is 5.34. The minimum absolute atomic E-state index is 0.497. The molecule has 1 fully saturated rings. The molecule has 1 N–H and O–H groups in total. The van der Waals surface area contributed by atoms with Crippen molar-refractivity contribution in [3.63, 3.8) is 0 Å². The maximum atomic E-state index is 6.54. The van der Waals surface area contributed by atoms with E-state index in [0.717, 1.165) is 11.6 Å². The van der Waals surface area contributed by atoms with Gasteiger partial charge in [0.2, 0.25) is 0 Å². The first-order valence-corrected chi connectivity index (χ1v) is 8.20. The SMILES string of the molecule is CCC1CCC(C)N1c1ccc(CNC(C)C)cc1Cl. The Morgan fingerprint density at radius 2 is 2.10 bits per heavy atom. The lowest BCUT2D eigenvalue weighted by molar-refractivity contribution is 0.588. The minimum Gasteiger partial charge on any atom is -0.365 e. The van der Waals surface area contributed by atoms with Crippen molar-refractivity contribution in [2.75, 3.05) is 4.90 Å². The highest BCUT2D eigenvalue weighted by molar-refractivity contribution is 6.33. The summed E-state index contributed by atoms with van der Waals surface area (Å²) in [6.07, 6.45) is 3.74. The maximum Gasteiger partial charge on any atom is 0.0642 e. The highest BCUT2D eigenvalue weighted by Gasteiger charge is 2.30. The van der Waals surface area contributed by atoms with Crippen LogP contribution in [0.4, 0.5) is 5.69 Å². The van der Waals surface area contributed by atoms with Crippen LogP contribution in [-0.4, -0.2) is 18.1 Å². The van der Waals surface area contributed by atoms with Gasteiger partial charge in [-0.15, -0.1) is 0 Å². The van der Waals surface area contributed by atoms with Crippen molar-refractivity contribution in [2.45, 2.75) is 71.6 Å². The van der Waals surface area contributed by atoms with Gasteiger partial charge in [0.05, 0.1) is 10.7 Å². The molecule has 20 heavy (non-hydrogen) atoms. The molecule has 2 unspecified atom stereocenters. The number of halogens is 1. The number of nitrogens with zero attached hydrogens (tertiary/aromatic N) is 1. The normalized spacial score (nSPS) is 22.8. The Labute approximate surface area is 128 Å². The fraction of sp³-hybridized carbons (Fsp3) is 0.647. The van der Waals surface area contributed by atoms with Gasteiger partial charge >= 0.3 is 0 Å². The fourth-order valence-corrected chi connectivity index (χ4v) is 3.40. The van der Waals surface area contributed by atoms with E-state index in [0.29, 0.717) is 18.1 Å². The molecule has 2 rings (SSSR count). The van der Waals surface area contributed by atoms with Crippen LogP contribution in [-0.2, 0) is 6.54 Å². The summed E-state index contributed by atoms with van der Waals surface area (Å²) in [7, 11) is 0. The second kappa shape index (κ2) is 6.82. The summed E-state index contributed by atoms with van der Waals surface area (Å²) in [5.74, 6) is 0. The van der Waals surface area contributed by atoms with Gasteiger partial charge in [0, 0.05) is 24.7 Å². The predicted molar refractivity (Wildman–Crippen MR) is 88.7 cm³/mol. The number of anilines is 1. The van der Waals surface area contributed by atoms with E-state index in [1.807, 2.05) is 0 Å². The summed E-state index contributed by atoms with van der Waals surface area (Å²) in [6, 6.07) is 8.25. The first kappa shape index (κ1) is 15.7. The van der Waals surface area contributed by atoms with E-state index < -0.39 is 0 Å². The van der Waals surface area contributed by atoms with E-state index in [-0.39, 0.29) is 0 Å². The van der Waals surface area contributed by atoms with Crippen molar-refractivity contribution >= 4 is 17.3 Å². The van der Waals surface area contributed by atoms with Gasteiger partial charge in [-0.25, -0.2) is 0 Å². The summed E-state index contributed by atoms with van der Waals surface area (Å²) in [5.41, 5.74) is 2.46. The minimum atomic E-state index is 0.497. The average Bonchev–Trinajstić information content (AvgIpc) is 2.77. The van der Waals surface area contributed by atoms with Gasteiger partial charge in [0.15, 0.2) is 0 Å². The highest BCUT2D eigenvalue weighted by atomic mass is 35.5. The van der Waals surface area contributed by atoms with Crippen molar-refractivity contribution in [1.82, 2.24) is 5.32 Å². The molecule has 1 aromatic carbocycles. The maximum absolute atomic E-state index is 6.54. The van der Waals surface area contributed by atoms with Crippen molar-refractivity contribution in [2.24, 2.45) is 0 Å². The molecule has 0 radical (unpaired) electrons. The van der Waals surface area contributed by atoms with Gasteiger partial charge in [-0.2, -0.15) is 0 Å². The molecular weight excluding hydrogens is 268 g/mol. The molecule has 2 atom stereocenters. The van der Waals surface area contributed by atoms with E-state index >= 15 is 0 Å². The molecule has 0 saturated carbocycles. The lowest BCUT2D eigenvalue weighted by atomic mass is 10.1. The number of rotatable bonds is 5. The van der Waals surface area contributed by atoms with E-state index in [4.69, 9.17) is 11.6 Å². The molecule has 2 nitrogen and oxygen atoms in total. The lowest BCUT2D eigenvalue weighted by Gasteiger charge is -2.31. The van der Waals surface area contributed by atoms with Gasteiger partial charge in [-0.05, 0) is 43.9 Å². The van der Waals surface area contributed by atoms with Crippen LogP contribution in [0.3, 0.4) is 0 Å². The molecule has 1 aliphatic rings. The molecule has 1 saturated heterocycles. The quantitative estimate of drug-likeness (QED) is 0.853. The third-order valence-electron chi connectivity index (χ3n) is 4.26. The predicted octanol–water partition coefficient (Wildman–Crippen LogP) is 4.61. The molecule has 1 aliphatic heterocycles. The molecule has 0 amide bonds. The third kappa shape index (κ3) is 3.48. The topological polar surface area (TPSA) is 15.3 Å². The Bertz CT molecular complexity index is 445. The second-order valence-corrected chi connectivity index (χ2v) is 6.62. The monoisotopic (exact) mass is 294 g/mol. The van der Waals surface area contributed by atoms with Crippen LogP contribution in [0.15, 0.2) is 18.2 Å². The average molecular weight is 295 g/mol. The zero-order valence-electron chi connectivity index (χ0n) is 13.1. The first-order valence-electron chi connectivity index (χ1n) is 7.83. The summed E-state index contributed by atoms with van der Waals surface area (Å²) < 4.78 is 0. The molecule has 0 bridgehead atoms. The number of nitrogens with one attached hydrogen (secondary N) is 1. The van der Waals surface area contributed by atoms with E-state index in [2.05, 4.69) is 56.1 Å². The largest absolute Gasteiger partial charge is 0.365 e. The van der Waals surface area contributed by atoms with Crippen LogP contribution in [0.5, 0.6) is 0 Å². The van der Waals surface area contributed by atoms with Crippen molar-refractivity contribution in [1.29, 1.82) is 0 Å². The van der Waals surface area contributed by atoms with Crippen LogP contribution in [0.25, 0.3) is 0 Å². The highest BCUT2D eigenvalue weighted by Crippen LogP contribution is 2.36. The van der Waals surface area contributed by atoms with E-state index in [9.17, 15) is 0 Å². The van der Waals surface area contributed by atoms with E-state index in [1.165, 1.54) is 30.5 Å². The number of benzene rings is 1. The molecule has 1 aromatic rings. The van der Waals surface area contributed by atoms with Crippen LogP contribution in [0.1, 0.15) is 52.5 Å². The van der Waals surface area contributed by atoms with Gasteiger partial charge in [0.25, 0.3) is 0 Å². The molecule has 1 heterocycles. The molecule has 0 aromatic heterocycles. The standard InChI is InChI=1S/C17H27ClN2/c1-5-15-8-6-13(4)20(15)17-9-7-14(10-16(17)18)11-19-12(2)3/h7,9-10,12-13,15,19H,5-6,8,11H2,1-4H3. The summed E-state index contributed by atoms with van der Waals surface area (Å²) in [4.78, 5) is 2.52. The van der Waals surface area contributed by atoms with Gasteiger partial charge in [-0.3, -0.25) is 0 Å². The van der Waals surface area contributed by atoms with Gasteiger partial charge in [-0.1, -0.05) is 38.4 Å². The molecule has 3 heteroatoms. The Morgan fingerprint density at radius 1 is 1.35 bits per heavy atom. The fourth-order valence-electron chi connectivity index (χ4n) is 3.10. The van der Waals surface area contributed by atoms with Crippen LogP contribution in [0.2, 0.25) is 5.02 Å². The number of hydrogen-bond donors (Lipinski definition) is 1. The van der Waals surface area contributed by atoms with Gasteiger partial charge < -0.3 is 10.2 Å². The Balaban J connectivity index is 2.16. The smallest absolute Gasteiger partial charge is 0.0642 e. The summed E-state index contributed by atoms with van der Waals surface area (Å²) >= 11 is 6.54. The number of hydrogen-bond acceptors (Lipinski definition) is 2. The van der Waals surface area contributed by atoms with Crippen molar-refractivity contribution in [3.05, 3.63) is 28.8 Å².